The molecule has 0 saturated heterocycles. The zero-order valence-electron chi connectivity index (χ0n) is 54.7. The van der Waals surface area contributed by atoms with E-state index in [0.29, 0.717) is 17.4 Å². The van der Waals surface area contributed by atoms with E-state index in [1.807, 2.05) is 33.3 Å². The van der Waals surface area contributed by atoms with Gasteiger partial charge in [-0.15, -0.1) is 0 Å². The Kier molecular flexibility index (Phi) is 59.3. The quantitative estimate of drug-likeness (QED) is 0.0205. The van der Waals surface area contributed by atoms with E-state index in [0.717, 1.165) is 96.3 Å². The van der Waals surface area contributed by atoms with Gasteiger partial charge in [0.2, 0.25) is 5.91 Å². The number of amides is 1. The van der Waals surface area contributed by atoms with Crippen LogP contribution in [-0.4, -0.2) is 74.3 Å². The van der Waals surface area contributed by atoms with Crippen molar-refractivity contribution in [3.8, 4) is 0 Å². The van der Waals surface area contributed by atoms with Crippen molar-refractivity contribution in [3.05, 3.63) is 109 Å². The van der Waals surface area contributed by atoms with E-state index in [9.17, 15) is 19.0 Å². The van der Waals surface area contributed by atoms with Crippen molar-refractivity contribution in [2.75, 3.05) is 40.9 Å². The summed E-state index contributed by atoms with van der Waals surface area (Å²) < 4.78 is 30.8. The van der Waals surface area contributed by atoms with Crippen LogP contribution >= 0.6 is 7.82 Å². The van der Waals surface area contributed by atoms with E-state index in [1.165, 1.54) is 154 Å². The monoisotopic (exact) mass is 1180 g/mol. The number of allylic oxidation sites excluding steroid dienone is 17. The summed E-state index contributed by atoms with van der Waals surface area (Å²) in [6, 6.07) is -0.879. The summed E-state index contributed by atoms with van der Waals surface area (Å²) in [7, 11) is 1.46. The molecule has 0 aromatic heterocycles. The molecular weight excluding hydrogens is 1050 g/mol. The molecule has 3 unspecified atom stereocenters. The molecule has 2 N–H and O–H groups in total. The Morgan fingerprint density at radius 1 is 0.434 bits per heavy atom. The van der Waals surface area contributed by atoms with Crippen molar-refractivity contribution in [1.29, 1.82) is 0 Å². The summed E-state index contributed by atoms with van der Waals surface area (Å²) in [6.45, 7) is 6.85. The number of nitrogens with one attached hydrogen (secondary N) is 1. The first-order valence-electron chi connectivity index (χ1n) is 34.2. The molecule has 1 amide bonds. The first-order valence-corrected chi connectivity index (χ1v) is 35.7. The second-order valence-corrected chi connectivity index (χ2v) is 25.4. The molecular formula is C73H130N2O7P+. The predicted molar refractivity (Wildman–Crippen MR) is 360 cm³/mol. The van der Waals surface area contributed by atoms with Gasteiger partial charge in [-0.2, -0.15) is 0 Å². The second kappa shape index (κ2) is 61.7. The lowest BCUT2D eigenvalue weighted by Gasteiger charge is -2.27. The number of hydrogen-bond donors (Lipinski definition) is 2. The van der Waals surface area contributed by atoms with Gasteiger partial charge in [-0.05, 0) is 115 Å². The molecule has 83 heavy (non-hydrogen) atoms. The third-order valence-electron chi connectivity index (χ3n) is 14.7. The average molecular weight is 1180 g/mol. The summed E-state index contributed by atoms with van der Waals surface area (Å²) >= 11 is 0. The van der Waals surface area contributed by atoms with Crippen LogP contribution in [-0.2, 0) is 27.9 Å². The van der Waals surface area contributed by atoms with E-state index in [2.05, 4.69) is 123 Å². The van der Waals surface area contributed by atoms with Gasteiger partial charge in [-0.1, -0.05) is 272 Å². The molecule has 0 bridgehead atoms. The fourth-order valence-corrected chi connectivity index (χ4v) is 10.2. The number of rotatable bonds is 61. The molecule has 0 aliphatic heterocycles. The summed E-state index contributed by atoms with van der Waals surface area (Å²) in [6.07, 6.45) is 85.3. The number of likely N-dealkylation sites (N-methyl/N-ethyl adjacent to an activating group) is 1. The predicted octanol–water partition coefficient (Wildman–Crippen LogP) is 21.7. The van der Waals surface area contributed by atoms with E-state index in [4.69, 9.17) is 13.8 Å². The number of unbranched alkanes of at least 4 members (excludes halogenated alkanes) is 29. The normalized spacial score (nSPS) is 14.3. The highest BCUT2D eigenvalue weighted by Gasteiger charge is 2.30. The molecule has 0 aromatic rings. The third kappa shape index (κ3) is 63.0. The number of phosphoric ester groups is 1. The molecule has 0 saturated carbocycles. The van der Waals surface area contributed by atoms with Crippen LogP contribution in [0.4, 0.5) is 0 Å². The lowest BCUT2D eigenvalue weighted by Crippen LogP contribution is -2.47. The van der Waals surface area contributed by atoms with Crippen LogP contribution in [0.25, 0.3) is 0 Å². The van der Waals surface area contributed by atoms with Gasteiger partial charge < -0.3 is 19.4 Å². The number of hydrogen-bond acceptors (Lipinski definition) is 6. The van der Waals surface area contributed by atoms with Gasteiger partial charge in [-0.3, -0.25) is 18.6 Å². The Bertz CT molecular complexity index is 1790. The summed E-state index contributed by atoms with van der Waals surface area (Å²) in [5, 5.41) is 3.04. The topological polar surface area (TPSA) is 111 Å². The number of carbonyl (C=O) groups is 2. The molecule has 3 atom stereocenters. The number of quaternary nitrogens is 1. The molecule has 0 rings (SSSR count). The van der Waals surface area contributed by atoms with Crippen LogP contribution in [0.5, 0.6) is 0 Å². The Hall–Kier alpha value is -3.33. The van der Waals surface area contributed by atoms with Crippen LogP contribution in [0.2, 0.25) is 0 Å². The largest absolute Gasteiger partial charge is 0.472 e. The van der Waals surface area contributed by atoms with Crippen molar-refractivity contribution in [3.63, 3.8) is 0 Å². The van der Waals surface area contributed by atoms with Gasteiger partial charge in [0, 0.05) is 12.8 Å². The number of esters is 1. The number of nitrogens with zero attached hydrogens (tertiary/aromatic N) is 1. The first kappa shape index (κ1) is 79.7. The standard InChI is InChI=1S/C73H129N2O7P/c1-7-10-13-16-19-22-25-28-30-32-34-36-37-39-41-43-45-48-51-54-57-60-63-66-73(77)82-71(64-61-58-55-52-49-46-27-24-21-18-15-12-9-3)70(69-81-83(78,79)80-68-67-75(4,5)6)74-72(76)65-62-59-56-53-50-47-44-42-40-38-35-33-31-29-26-23-20-17-14-11-8-2/h11,14,19-20,22-23,28-31,35,38,42,44,50,53,61,64,70-71H,7-10,12-13,15-18,21,24-27,32-34,36-37,39-41,43,45-49,51-52,54-60,62-63,65-69H2,1-6H3,(H-,74,76,78,79)/p+1/b14-11-,22-19-,23-20-,30-28-,31-29-,38-35-,44-42-,53-50-,64-61+. The van der Waals surface area contributed by atoms with Crippen LogP contribution < -0.4 is 5.32 Å². The summed E-state index contributed by atoms with van der Waals surface area (Å²) in [4.78, 5) is 37.9. The molecule has 0 fully saturated rings. The fourth-order valence-electron chi connectivity index (χ4n) is 9.44. The summed E-state index contributed by atoms with van der Waals surface area (Å²) in [5.74, 6) is -0.556. The minimum Gasteiger partial charge on any atom is -0.456 e. The van der Waals surface area contributed by atoms with Gasteiger partial charge in [-0.25, -0.2) is 4.57 Å². The smallest absolute Gasteiger partial charge is 0.456 e. The van der Waals surface area contributed by atoms with Crippen LogP contribution in [0, 0.1) is 0 Å². The Labute approximate surface area is 512 Å². The van der Waals surface area contributed by atoms with Crippen molar-refractivity contribution >= 4 is 19.7 Å². The van der Waals surface area contributed by atoms with E-state index >= 15 is 0 Å². The molecule has 9 nitrogen and oxygen atoms in total. The van der Waals surface area contributed by atoms with Crippen molar-refractivity contribution in [2.45, 2.75) is 303 Å². The van der Waals surface area contributed by atoms with Crippen LogP contribution in [0.1, 0.15) is 290 Å². The molecule has 0 heterocycles. The maximum Gasteiger partial charge on any atom is 0.472 e. The highest BCUT2D eigenvalue weighted by Crippen LogP contribution is 2.43. The van der Waals surface area contributed by atoms with Crippen molar-refractivity contribution in [2.24, 2.45) is 0 Å². The Balaban J connectivity index is 5.24. The van der Waals surface area contributed by atoms with Crippen LogP contribution in [0.3, 0.4) is 0 Å². The van der Waals surface area contributed by atoms with Gasteiger partial charge in [0.1, 0.15) is 19.3 Å². The fraction of sp³-hybridized carbons (Fsp3) is 0.726. The lowest BCUT2D eigenvalue weighted by molar-refractivity contribution is -0.870. The molecule has 0 aliphatic carbocycles. The number of ether oxygens (including phenoxy) is 1. The molecule has 10 heteroatoms. The molecule has 478 valence electrons. The highest BCUT2D eigenvalue weighted by atomic mass is 31.2. The maximum atomic E-state index is 13.6. The van der Waals surface area contributed by atoms with Gasteiger partial charge >= 0.3 is 13.8 Å². The average Bonchev–Trinajstić information content (AvgIpc) is 3.46. The summed E-state index contributed by atoms with van der Waals surface area (Å²) in [5.41, 5.74) is 0. The molecule has 0 radical (unpaired) electrons. The minimum absolute atomic E-state index is 0.0269. The van der Waals surface area contributed by atoms with Gasteiger partial charge in [0.05, 0.1) is 33.8 Å². The SMILES string of the molecule is CC/C=C\C/C=C\C/C=C\C/C=C\C/C=C\C/C=C\CCCCC(=O)NC(COP(=O)(O)OCC[N+](C)(C)C)C(/C=C/CCCCCCCCCCCCC)OC(=O)CCCCCCCCCCCCCCC/C=C\C/C=C\CCCCC. The molecule has 0 aliphatic rings. The van der Waals surface area contributed by atoms with Crippen molar-refractivity contribution < 1.29 is 37.3 Å². The second-order valence-electron chi connectivity index (χ2n) is 24.0. The number of phosphoric acid groups is 1. The molecule has 0 spiro atoms. The molecule has 0 aromatic carbocycles. The zero-order chi connectivity index (χ0) is 60.7. The third-order valence-corrected chi connectivity index (χ3v) is 15.7. The lowest BCUT2D eigenvalue weighted by atomic mass is 10.0. The van der Waals surface area contributed by atoms with Crippen LogP contribution in [0.15, 0.2) is 109 Å². The minimum atomic E-state index is -4.47. The van der Waals surface area contributed by atoms with E-state index < -0.39 is 20.0 Å². The van der Waals surface area contributed by atoms with Gasteiger partial charge in [0.15, 0.2) is 0 Å². The Morgan fingerprint density at radius 2 is 0.771 bits per heavy atom. The zero-order valence-corrected chi connectivity index (χ0v) is 55.6. The van der Waals surface area contributed by atoms with Gasteiger partial charge in [0.25, 0.3) is 0 Å². The first-order chi connectivity index (χ1) is 40.4. The Morgan fingerprint density at radius 3 is 1.19 bits per heavy atom. The van der Waals surface area contributed by atoms with E-state index in [-0.39, 0.29) is 37.9 Å². The number of carbonyl (C=O) groups excluding carboxylic acids is 2. The van der Waals surface area contributed by atoms with E-state index in [1.54, 1.807) is 0 Å². The highest BCUT2D eigenvalue weighted by molar-refractivity contribution is 7.47. The maximum absolute atomic E-state index is 13.6. The van der Waals surface area contributed by atoms with Crippen molar-refractivity contribution in [1.82, 2.24) is 5.32 Å².